The number of allylic oxidation sites excluding steroid dienone is 1. The Hall–Kier alpha value is -4.36. The van der Waals surface area contributed by atoms with Crippen LogP contribution in [0.3, 0.4) is 0 Å². The second kappa shape index (κ2) is 8.58. The van der Waals surface area contributed by atoms with Gasteiger partial charge in [-0.1, -0.05) is 78.7 Å². The molecule has 0 heterocycles. The molecule has 0 bridgehead atoms. The van der Waals surface area contributed by atoms with Crippen molar-refractivity contribution < 1.29 is 0 Å². The van der Waals surface area contributed by atoms with Crippen LogP contribution in [0.25, 0.3) is 60.1 Å². The lowest BCUT2D eigenvalue weighted by atomic mass is 9.85. The number of nitrogens with two attached hydrogens (primary N) is 1. The monoisotopic (exact) mass is 503 g/mol. The lowest BCUT2D eigenvalue weighted by Gasteiger charge is -2.18. The molecule has 0 radical (unpaired) electrons. The zero-order valence-electron chi connectivity index (χ0n) is 23.4. The molecule has 0 amide bonds. The lowest BCUT2D eigenvalue weighted by Crippen LogP contribution is -1.95. The summed E-state index contributed by atoms with van der Waals surface area (Å²) in [5, 5.41) is 7.59. The third-order valence-electron chi connectivity index (χ3n) is 8.85. The van der Waals surface area contributed by atoms with E-state index in [1.165, 1.54) is 93.5 Å². The number of anilines is 1. The Bertz CT molecular complexity index is 2030. The maximum absolute atomic E-state index is 6.40. The third-order valence-corrected chi connectivity index (χ3v) is 8.85. The predicted octanol–water partition coefficient (Wildman–Crippen LogP) is 10.5. The zero-order valence-corrected chi connectivity index (χ0v) is 23.4. The molecule has 39 heavy (non-hydrogen) atoms. The van der Waals surface area contributed by atoms with E-state index in [0.717, 1.165) is 12.1 Å². The molecule has 1 nitrogen and oxygen atoms in total. The molecule has 0 aliphatic heterocycles. The summed E-state index contributed by atoms with van der Waals surface area (Å²) in [6, 6.07) is 31.3. The van der Waals surface area contributed by atoms with Crippen molar-refractivity contribution in [2.75, 3.05) is 5.73 Å². The lowest BCUT2D eigenvalue weighted by molar-refractivity contribution is 1.10. The largest absolute Gasteiger partial charge is 0.399 e. The predicted molar refractivity (Wildman–Crippen MR) is 170 cm³/mol. The van der Waals surface area contributed by atoms with Crippen LogP contribution in [0, 0.1) is 20.8 Å². The molecule has 0 spiro atoms. The van der Waals surface area contributed by atoms with E-state index in [1.54, 1.807) is 0 Å². The van der Waals surface area contributed by atoms with Gasteiger partial charge in [-0.25, -0.2) is 0 Å². The second-order valence-corrected chi connectivity index (χ2v) is 11.3. The van der Waals surface area contributed by atoms with Gasteiger partial charge in [0.25, 0.3) is 0 Å². The summed E-state index contributed by atoms with van der Waals surface area (Å²) < 4.78 is 0. The summed E-state index contributed by atoms with van der Waals surface area (Å²) in [6.07, 6.45) is 1.04. The normalized spacial score (nSPS) is 13.8. The van der Waals surface area contributed by atoms with Gasteiger partial charge in [0, 0.05) is 5.69 Å². The fourth-order valence-corrected chi connectivity index (χ4v) is 6.94. The number of rotatable bonds is 2. The second-order valence-electron chi connectivity index (χ2n) is 11.3. The summed E-state index contributed by atoms with van der Waals surface area (Å²) in [4.78, 5) is 0. The summed E-state index contributed by atoms with van der Waals surface area (Å²) >= 11 is 0. The van der Waals surface area contributed by atoms with Crippen LogP contribution in [-0.2, 0) is 0 Å². The Labute approximate surface area is 230 Å². The average Bonchev–Trinajstić information content (AvgIpc) is 3.27. The maximum atomic E-state index is 6.40. The van der Waals surface area contributed by atoms with E-state index in [4.69, 9.17) is 5.73 Å². The molecule has 6 aromatic rings. The molecule has 0 fully saturated rings. The molecular weight excluding hydrogens is 470 g/mol. The summed E-state index contributed by atoms with van der Waals surface area (Å²) in [6.45, 7) is 11.4. The maximum Gasteiger partial charge on any atom is 0.0320 e. The number of fused-ring (bicyclic) bond motifs is 7. The van der Waals surface area contributed by atoms with Crippen molar-refractivity contribution in [2.45, 2.75) is 41.0 Å². The number of nitrogen functional groups attached to an aromatic ring is 1. The van der Waals surface area contributed by atoms with Crippen molar-refractivity contribution in [1.29, 1.82) is 0 Å². The Balaban J connectivity index is 1.67. The Morgan fingerprint density at radius 1 is 0.615 bits per heavy atom. The summed E-state index contributed by atoms with van der Waals surface area (Å²) in [7, 11) is 0. The zero-order chi connectivity index (χ0) is 27.0. The average molecular weight is 504 g/mol. The van der Waals surface area contributed by atoms with Gasteiger partial charge in [-0.15, -0.1) is 0 Å². The quantitative estimate of drug-likeness (QED) is 0.184. The molecule has 0 atom stereocenters. The smallest absolute Gasteiger partial charge is 0.0320 e. The molecule has 1 aliphatic rings. The van der Waals surface area contributed by atoms with Gasteiger partial charge in [-0.2, -0.15) is 0 Å². The van der Waals surface area contributed by atoms with E-state index < -0.39 is 0 Å². The first-order chi connectivity index (χ1) is 18.9. The molecule has 190 valence electrons. The van der Waals surface area contributed by atoms with Crippen LogP contribution in [0.15, 0.2) is 90.5 Å². The van der Waals surface area contributed by atoms with Crippen LogP contribution in [0.4, 0.5) is 5.69 Å². The van der Waals surface area contributed by atoms with Gasteiger partial charge >= 0.3 is 0 Å². The Kier molecular flexibility index (Phi) is 5.22. The molecule has 0 aromatic heterocycles. The fourth-order valence-electron chi connectivity index (χ4n) is 6.94. The van der Waals surface area contributed by atoms with Gasteiger partial charge in [0.2, 0.25) is 0 Å². The van der Waals surface area contributed by atoms with E-state index >= 15 is 0 Å². The van der Waals surface area contributed by atoms with Crippen molar-refractivity contribution in [2.24, 2.45) is 0 Å². The van der Waals surface area contributed by atoms with Gasteiger partial charge in [0.15, 0.2) is 0 Å². The van der Waals surface area contributed by atoms with Crippen molar-refractivity contribution >= 4 is 43.6 Å². The minimum Gasteiger partial charge on any atom is -0.399 e. The molecule has 6 aromatic carbocycles. The van der Waals surface area contributed by atoms with Gasteiger partial charge < -0.3 is 5.73 Å². The molecule has 0 saturated carbocycles. The van der Waals surface area contributed by atoms with Crippen LogP contribution in [-0.4, -0.2) is 0 Å². The minimum atomic E-state index is 0.793. The summed E-state index contributed by atoms with van der Waals surface area (Å²) in [5.41, 5.74) is 22.2. The van der Waals surface area contributed by atoms with Crippen molar-refractivity contribution in [3.8, 4) is 22.3 Å². The van der Waals surface area contributed by atoms with Crippen molar-refractivity contribution in [1.82, 2.24) is 0 Å². The highest BCUT2D eigenvalue weighted by molar-refractivity contribution is 6.20. The first-order valence-corrected chi connectivity index (χ1v) is 14.0. The van der Waals surface area contributed by atoms with Crippen LogP contribution in [0.2, 0.25) is 0 Å². The van der Waals surface area contributed by atoms with E-state index in [-0.39, 0.29) is 0 Å². The number of benzene rings is 6. The van der Waals surface area contributed by atoms with Crippen LogP contribution < -0.4 is 5.73 Å². The van der Waals surface area contributed by atoms with E-state index in [9.17, 15) is 0 Å². The standard InChI is InChI=1S/C38H33N/c1-6-22(3)37-36-23(4)16-21(2)17-34(36)35-20-32-29-15-14-26(39)18-31(29)33(19-30(32)24(5)38(35)37)28-13-9-11-25-10-7-8-12-27(25)28/h7-20H,6,39H2,1-5H3/b37-22-. The first kappa shape index (κ1) is 23.7. The highest BCUT2D eigenvalue weighted by atomic mass is 14.5. The molecule has 2 N–H and O–H groups in total. The molecular formula is C38H33N. The van der Waals surface area contributed by atoms with Gasteiger partial charge in [0.05, 0.1) is 0 Å². The SMILES string of the molecule is CC/C(C)=C1/c2c(C)cc(C)cc2-c2cc3c(cc(-c4cccc5ccccc45)c4cc(N)ccc43)c(C)c21. The first-order valence-electron chi connectivity index (χ1n) is 14.0. The topological polar surface area (TPSA) is 26.0 Å². The number of aryl methyl sites for hydroxylation is 3. The minimum absolute atomic E-state index is 0.793. The molecule has 0 saturated heterocycles. The number of hydrogen-bond donors (Lipinski definition) is 1. The van der Waals surface area contributed by atoms with Gasteiger partial charge in [-0.05, 0) is 141 Å². The van der Waals surface area contributed by atoms with Crippen molar-refractivity contribution in [3.63, 3.8) is 0 Å². The summed E-state index contributed by atoms with van der Waals surface area (Å²) in [5.74, 6) is 0. The number of hydrogen-bond acceptors (Lipinski definition) is 1. The van der Waals surface area contributed by atoms with E-state index in [2.05, 4.69) is 113 Å². The Morgan fingerprint density at radius 3 is 2.18 bits per heavy atom. The fraction of sp³-hybridized carbons (Fsp3) is 0.158. The molecule has 1 aliphatic carbocycles. The van der Waals surface area contributed by atoms with Crippen LogP contribution in [0.1, 0.15) is 48.1 Å². The highest BCUT2D eigenvalue weighted by Crippen LogP contribution is 2.52. The third kappa shape index (κ3) is 3.39. The van der Waals surface area contributed by atoms with Crippen molar-refractivity contribution in [3.05, 3.63) is 118 Å². The van der Waals surface area contributed by atoms with E-state index in [0.29, 0.717) is 0 Å². The van der Waals surface area contributed by atoms with Gasteiger partial charge in [0.1, 0.15) is 0 Å². The van der Waals surface area contributed by atoms with E-state index in [1.807, 2.05) is 6.07 Å². The highest BCUT2D eigenvalue weighted by Gasteiger charge is 2.30. The van der Waals surface area contributed by atoms with Crippen LogP contribution >= 0.6 is 0 Å². The Morgan fingerprint density at radius 2 is 1.36 bits per heavy atom. The van der Waals surface area contributed by atoms with Crippen LogP contribution in [0.5, 0.6) is 0 Å². The molecule has 7 rings (SSSR count). The molecule has 1 heteroatoms. The molecule has 0 unspecified atom stereocenters. The van der Waals surface area contributed by atoms with Gasteiger partial charge in [-0.3, -0.25) is 0 Å².